The predicted molar refractivity (Wildman–Crippen MR) is 106 cm³/mol. The van der Waals surface area contributed by atoms with Gasteiger partial charge in [-0.2, -0.15) is 0 Å². The minimum absolute atomic E-state index is 0.318. The minimum atomic E-state index is 0.318. The average molecular weight is 348 g/mol. The summed E-state index contributed by atoms with van der Waals surface area (Å²) in [6, 6.07) is 13.0. The molecule has 0 bridgehead atoms. The van der Waals surface area contributed by atoms with Gasteiger partial charge in [0.1, 0.15) is 0 Å². The lowest BCUT2D eigenvalue weighted by Crippen LogP contribution is -2.36. The molecule has 0 saturated heterocycles. The number of thiophene rings is 1. The molecule has 124 valence electrons. The highest BCUT2D eigenvalue weighted by Gasteiger charge is 2.15. The lowest BCUT2D eigenvalue weighted by Gasteiger charge is -2.24. The van der Waals surface area contributed by atoms with Gasteiger partial charge in [0, 0.05) is 17.1 Å². The molecule has 1 aromatic carbocycles. The van der Waals surface area contributed by atoms with Crippen LogP contribution >= 0.6 is 23.6 Å². The van der Waals surface area contributed by atoms with E-state index in [1.165, 1.54) is 10.4 Å². The molecule has 0 saturated carbocycles. The highest BCUT2D eigenvalue weighted by atomic mass is 32.1. The lowest BCUT2D eigenvalue weighted by molar-refractivity contribution is 0.303. The fraction of sp³-hybridized carbons (Fsp3) is 0.389. The van der Waals surface area contributed by atoms with Crippen LogP contribution in [0.1, 0.15) is 36.2 Å². The molecule has 0 radical (unpaired) electrons. The summed E-state index contributed by atoms with van der Waals surface area (Å²) < 4.78 is 0. The van der Waals surface area contributed by atoms with Gasteiger partial charge < -0.3 is 15.5 Å². The number of likely N-dealkylation sites (N-methyl/N-ethyl adjacent to an activating group) is 1. The molecular formula is C18H25N3S2. The third-order valence-electron chi connectivity index (χ3n) is 3.79. The molecule has 23 heavy (non-hydrogen) atoms. The summed E-state index contributed by atoms with van der Waals surface area (Å²) in [5, 5.41) is 9.34. The van der Waals surface area contributed by atoms with E-state index in [0.29, 0.717) is 17.1 Å². The summed E-state index contributed by atoms with van der Waals surface area (Å²) in [6.07, 6.45) is 0. The van der Waals surface area contributed by atoms with Gasteiger partial charge >= 0.3 is 0 Å². The number of hydrogen-bond acceptors (Lipinski definition) is 3. The maximum Gasteiger partial charge on any atom is 0.170 e. The van der Waals surface area contributed by atoms with Crippen LogP contribution in [0, 0.1) is 0 Å². The zero-order chi connectivity index (χ0) is 16.8. The molecule has 5 heteroatoms. The first-order chi connectivity index (χ1) is 11.0. The van der Waals surface area contributed by atoms with Gasteiger partial charge in [0.25, 0.3) is 0 Å². The summed E-state index contributed by atoms with van der Waals surface area (Å²) in [5.74, 6) is 0.542. The monoisotopic (exact) mass is 347 g/mol. The molecule has 1 heterocycles. The van der Waals surface area contributed by atoms with E-state index in [-0.39, 0.29) is 0 Å². The average Bonchev–Trinajstić information content (AvgIpc) is 3.01. The molecule has 0 aliphatic carbocycles. The number of anilines is 1. The predicted octanol–water partition coefficient (Wildman–Crippen LogP) is 4.46. The van der Waals surface area contributed by atoms with Crippen LogP contribution in [-0.2, 0) is 0 Å². The second kappa shape index (κ2) is 8.43. The summed E-state index contributed by atoms with van der Waals surface area (Å²) >= 11 is 7.19. The first-order valence-electron chi connectivity index (χ1n) is 7.82. The standard InChI is InChI=1S/C18H25N3S2/c1-13(2)14-7-9-15(10-8-14)20-18(22)19-12-16(21(3)4)17-6-5-11-23-17/h5-11,13,16H,12H2,1-4H3,(H2,19,20,22). The largest absolute Gasteiger partial charge is 0.360 e. The second-order valence-corrected chi connectivity index (χ2v) is 7.49. The third kappa shape index (κ3) is 5.30. The molecule has 1 aromatic heterocycles. The lowest BCUT2D eigenvalue weighted by atomic mass is 10.0. The molecule has 0 aliphatic rings. The molecule has 1 unspecified atom stereocenters. The zero-order valence-electron chi connectivity index (χ0n) is 14.2. The van der Waals surface area contributed by atoms with Crippen LogP contribution in [0.3, 0.4) is 0 Å². The van der Waals surface area contributed by atoms with E-state index >= 15 is 0 Å². The first kappa shape index (κ1) is 17.9. The minimum Gasteiger partial charge on any atom is -0.360 e. The zero-order valence-corrected chi connectivity index (χ0v) is 15.8. The van der Waals surface area contributed by atoms with E-state index in [1.54, 1.807) is 11.3 Å². The van der Waals surface area contributed by atoms with Gasteiger partial charge in [-0.05, 0) is 61.4 Å². The quantitative estimate of drug-likeness (QED) is 0.755. The Morgan fingerprint density at radius 2 is 1.87 bits per heavy atom. The molecule has 3 nitrogen and oxygen atoms in total. The second-order valence-electron chi connectivity index (χ2n) is 6.11. The SMILES string of the molecule is CC(C)c1ccc(NC(=S)NCC(c2cccs2)N(C)C)cc1. The molecule has 2 rings (SSSR count). The molecule has 0 aliphatic heterocycles. The van der Waals surface area contributed by atoms with Gasteiger partial charge in [-0.3, -0.25) is 0 Å². The van der Waals surface area contributed by atoms with E-state index in [2.05, 4.69) is 85.3 Å². The van der Waals surface area contributed by atoms with Crippen molar-refractivity contribution < 1.29 is 0 Å². The van der Waals surface area contributed by atoms with Crippen LogP contribution in [0.25, 0.3) is 0 Å². The van der Waals surface area contributed by atoms with Crippen LogP contribution < -0.4 is 10.6 Å². The highest BCUT2D eigenvalue weighted by molar-refractivity contribution is 7.80. The molecule has 2 aromatic rings. The van der Waals surface area contributed by atoms with Crippen LogP contribution in [0.4, 0.5) is 5.69 Å². The number of benzene rings is 1. The third-order valence-corrected chi connectivity index (χ3v) is 5.01. The highest BCUT2D eigenvalue weighted by Crippen LogP contribution is 2.22. The van der Waals surface area contributed by atoms with E-state index in [1.807, 2.05) is 0 Å². The van der Waals surface area contributed by atoms with E-state index in [0.717, 1.165) is 12.2 Å². The molecule has 1 atom stereocenters. The van der Waals surface area contributed by atoms with Crippen molar-refractivity contribution >= 4 is 34.4 Å². The van der Waals surface area contributed by atoms with Crippen LogP contribution in [0.2, 0.25) is 0 Å². The fourth-order valence-corrected chi connectivity index (χ4v) is 3.46. The topological polar surface area (TPSA) is 27.3 Å². The number of nitrogens with zero attached hydrogens (tertiary/aromatic N) is 1. The molecular weight excluding hydrogens is 322 g/mol. The normalized spacial score (nSPS) is 12.4. The summed E-state index contributed by atoms with van der Waals surface area (Å²) in [4.78, 5) is 3.55. The van der Waals surface area contributed by atoms with Gasteiger partial charge in [0.05, 0.1) is 6.04 Å². The molecule has 2 N–H and O–H groups in total. The number of rotatable bonds is 6. The van der Waals surface area contributed by atoms with Gasteiger partial charge in [-0.1, -0.05) is 32.0 Å². The van der Waals surface area contributed by atoms with Crippen molar-refractivity contribution in [1.29, 1.82) is 0 Å². The molecule has 0 amide bonds. The van der Waals surface area contributed by atoms with Crippen molar-refractivity contribution in [3.63, 3.8) is 0 Å². The van der Waals surface area contributed by atoms with Crippen molar-refractivity contribution in [3.8, 4) is 0 Å². The van der Waals surface area contributed by atoms with Gasteiger partial charge in [-0.15, -0.1) is 11.3 Å². The Balaban J connectivity index is 1.89. The Morgan fingerprint density at radius 1 is 1.17 bits per heavy atom. The Kier molecular flexibility index (Phi) is 6.57. The van der Waals surface area contributed by atoms with E-state index in [9.17, 15) is 0 Å². The van der Waals surface area contributed by atoms with Gasteiger partial charge in [-0.25, -0.2) is 0 Å². The fourth-order valence-electron chi connectivity index (χ4n) is 2.33. The Morgan fingerprint density at radius 3 is 2.39 bits per heavy atom. The van der Waals surface area contributed by atoms with Gasteiger partial charge in [0.15, 0.2) is 5.11 Å². The smallest absolute Gasteiger partial charge is 0.170 e. The molecule has 0 spiro atoms. The maximum absolute atomic E-state index is 5.42. The summed E-state index contributed by atoms with van der Waals surface area (Å²) in [5.41, 5.74) is 2.35. The van der Waals surface area contributed by atoms with E-state index < -0.39 is 0 Å². The Bertz CT molecular complexity index is 604. The maximum atomic E-state index is 5.42. The first-order valence-corrected chi connectivity index (χ1v) is 9.11. The number of nitrogens with one attached hydrogen (secondary N) is 2. The number of hydrogen-bond donors (Lipinski definition) is 2. The van der Waals surface area contributed by atoms with Crippen molar-refractivity contribution in [1.82, 2.24) is 10.2 Å². The Labute approximate surface area is 148 Å². The van der Waals surface area contributed by atoms with Crippen LogP contribution in [-0.4, -0.2) is 30.7 Å². The summed E-state index contributed by atoms with van der Waals surface area (Å²) in [7, 11) is 4.18. The Hall–Kier alpha value is -1.43. The van der Waals surface area contributed by atoms with Crippen LogP contribution in [0.5, 0.6) is 0 Å². The van der Waals surface area contributed by atoms with Gasteiger partial charge in [0.2, 0.25) is 0 Å². The van der Waals surface area contributed by atoms with Crippen molar-refractivity contribution in [2.75, 3.05) is 26.0 Å². The van der Waals surface area contributed by atoms with Crippen molar-refractivity contribution in [2.24, 2.45) is 0 Å². The number of thiocarbonyl (C=S) groups is 1. The van der Waals surface area contributed by atoms with E-state index in [4.69, 9.17) is 12.2 Å². The van der Waals surface area contributed by atoms with Crippen molar-refractivity contribution in [2.45, 2.75) is 25.8 Å². The summed E-state index contributed by atoms with van der Waals surface area (Å²) in [6.45, 7) is 5.17. The van der Waals surface area contributed by atoms with Crippen molar-refractivity contribution in [3.05, 3.63) is 52.2 Å². The van der Waals surface area contributed by atoms with Crippen LogP contribution in [0.15, 0.2) is 41.8 Å². The molecule has 0 fully saturated rings.